The van der Waals surface area contributed by atoms with Crippen LogP contribution in [0.1, 0.15) is 0 Å². The molecule has 2 rings (SSSR count). The molecule has 1 atom stereocenters. The molecule has 0 aliphatic rings. The van der Waals surface area contributed by atoms with E-state index in [2.05, 4.69) is 17.9 Å². The fourth-order valence-electron chi connectivity index (χ4n) is 0.915. The Labute approximate surface area is 60.8 Å². The van der Waals surface area contributed by atoms with Crippen LogP contribution in [-0.2, 0) is 0 Å². The predicted octanol–water partition coefficient (Wildman–Crippen LogP) is 2.98. The van der Waals surface area contributed by atoms with Crippen molar-refractivity contribution < 1.29 is 4.42 Å². The van der Waals surface area contributed by atoms with Crippen molar-refractivity contribution in [2.75, 3.05) is 0 Å². The van der Waals surface area contributed by atoms with Crippen molar-refractivity contribution >= 4 is 8.19 Å². The number of hydrogen-bond donors (Lipinski definition) is 0. The molecule has 2 heterocycles. The topological polar surface area (TPSA) is 13.1 Å². The molecule has 0 spiro atoms. The van der Waals surface area contributed by atoms with Crippen LogP contribution in [0.25, 0.3) is 11.1 Å². The minimum absolute atomic E-state index is 0.781. The van der Waals surface area contributed by atoms with Crippen molar-refractivity contribution in [2.24, 2.45) is 0 Å². The van der Waals surface area contributed by atoms with Gasteiger partial charge in [-0.05, 0) is 24.0 Å². The van der Waals surface area contributed by atoms with Crippen LogP contribution in [0, 0.1) is 0 Å². The summed E-state index contributed by atoms with van der Waals surface area (Å²) in [5, 5.41) is 1.30. The highest BCUT2D eigenvalue weighted by molar-refractivity contribution is 7.33. The van der Waals surface area contributed by atoms with E-state index in [4.69, 9.17) is 4.42 Å². The SMILES string of the molecule is c1coc(-c2ccc[pH]2)c1. The van der Waals surface area contributed by atoms with Gasteiger partial charge in [-0.15, -0.1) is 8.19 Å². The molecule has 1 unspecified atom stereocenters. The monoisotopic (exact) mass is 150 g/mol. The van der Waals surface area contributed by atoms with Crippen LogP contribution in [0.15, 0.2) is 40.7 Å². The summed E-state index contributed by atoms with van der Waals surface area (Å²) in [6.07, 6.45) is 1.71. The van der Waals surface area contributed by atoms with E-state index < -0.39 is 0 Å². The van der Waals surface area contributed by atoms with Gasteiger partial charge in [0.1, 0.15) is 5.76 Å². The van der Waals surface area contributed by atoms with Gasteiger partial charge in [-0.1, -0.05) is 6.07 Å². The molecular weight excluding hydrogens is 143 g/mol. The molecule has 1 nitrogen and oxygen atoms in total. The van der Waals surface area contributed by atoms with Crippen molar-refractivity contribution in [3.05, 3.63) is 36.3 Å². The molecule has 2 aromatic heterocycles. The Kier molecular flexibility index (Phi) is 1.37. The van der Waals surface area contributed by atoms with Crippen LogP contribution in [0.4, 0.5) is 0 Å². The number of rotatable bonds is 1. The van der Waals surface area contributed by atoms with E-state index >= 15 is 0 Å². The molecule has 2 heteroatoms. The summed E-state index contributed by atoms with van der Waals surface area (Å²) in [7, 11) is 0.781. The van der Waals surface area contributed by atoms with E-state index in [0.717, 1.165) is 14.0 Å². The van der Waals surface area contributed by atoms with E-state index in [-0.39, 0.29) is 0 Å². The highest BCUT2D eigenvalue weighted by atomic mass is 31.0. The zero-order valence-electron chi connectivity index (χ0n) is 5.37. The minimum atomic E-state index is 0.781. The highest BCUT2D eigenvalue weighted by Gasteiger charge is 1.96. The van der Waals surface area contributed by atoms with Gasteiger partial charge < -0.3 is 4.42 Å². The number of hydrogen-bond acceptors (Lipinski definition) is 1. The van der Waals surface area contributed by atoms with E-state index in [1.807, 2.05) is 12.1 Å². The average molecular weight is 150 g/mol. The maximum absolute atomic E-state index is 5.22. The predicted molar refractivity (Wildman–Crippen MR) is 43.6 cm³/mol. The Bertz CT molecular complexity index is 249. The number of furan rings is 1. The third kappa shape index (κ3) is 0.891. The second-order valence-corrected chi connectivity index (χ2v) is 3.22. The van der Waals surface area contributed by atoms with Crippen LogP contribution >= 0.6 is 8.19 Å². The molecule has 0 saturated heterocycles. The van der Waals surface area contributed by atoms with Crippen LogP contribution in [0.3, 0.4) is 0 Å². The lowest BCUT2D eigenvalue weighted by molar-refractivity contribution is 0.584. The van der Waals surface area contributed by atoms with Gasteiger partial charge in [0.2, 0.25) is 0 Å². The molecule has 50 valence electrons. The molecule has 0 saturated carbocycles. The van der Waals surface area contributed by atoms with Crippen molar-refractivity contribution in [3.8, 4) is 11.1 Å². The van der Waals surface area contributed by atoms with Gasteiger partial charge in [0, 0.05) is 5.30 Å². The Morgan fingerprint density at radius 3 is 2.80 bits per heavy atom. The normalized spacial score (nSPS) is 10.8. The summed E-state index contributed by atoms with van der Waals surface area (Å²) in [4.78, 5) is 0. The van der Waals surface area contributed by atoms with Gasteiger partial charge in [0.25, 0.3) is 0 Å². The first-order chi connectivity index (χ1) is 4.97. The Morgan fingerprint density at radius 1 is 1.20 bits per heavy atom. The molecule has 2 aromatic rings. The van der Waals surface area contributed by atoms with Gasteiger partial charge in [-0.2, -0.15) is 0 Å². The lowest BCUT2D eigenvalue weighted by Gasteiger charge is -1.86. The molecule has 0 aromatic carbocycles. The van der Waals surface area contributed by atoms with Crippen LogP contribution in [0.5, 0.6) is 0 Å². The van der Waals surface area contributed by atoms with E-state index in [9.17, 15) is 0 Å². The first-order valence-corrected chi connectivity index (χ1v) is 4.22. The van der Waals surface area contributed by atoms with Crippen LogP contribution in [-0.4, -0.2) is 0 Å². The smallest absolute Gasteiger partial charge is 0.137 e. The second kappa shape index (κ2) is 2.36. The zero-order valence-corrected chi connectivity index (χ0v) is 6.37. The summed E-state index contributed by atoms with van der Waals surface area (Å²) >= 11 is 0. The molecule has 0 radical (unpaired) electrons. The van der Waals surface area contributed by atoms with Crippen LogP contribution in [0.2, 0.25) is 0 Å². The molecule has 0 aliphatic carbocycles. The van der Waals surface area contributed by atoms with Gasteiger partial charge in [0.15, 0.2) is 0 Å². The van der Waals surface area contributed by atoms with Crippen molar-refractivity contribution in [1.82, 2.24) is 0 Å². The largest absolute Gasteiger partial charge is 0.464 e. The van der Waals surface area contributed by atoms with E-state index in [1.165, 1.54) is 5.30 Å². The van der Waals surface area contributed by atoms with Crippen molar-refractivity contribution in [3.63, 3.8) is 0 Å². The lowest BCUT2D eigenvalue weighted by Crippen LogP contribution is -1.57. The molecule has 10 heavy (non-hydrogen) atoms. The second-order valence-electron chi connectivity index (χ2n) is 2.06. The minimum Gasteiger partial charge on any atom is -0.464 e. The Morgan fingerprint density at radius 2 is 2.20 bits per heavy atom. The fraction of sp³-hybridized carbons (Fsp3) is 0. The summed E-state index contributed by atoms with van der Waals surface area (Å²) in [5.41, 5.74) is 0. The van der Waals surface area contributed by atoms with Crippen molar-refractivity contribution in [2.45, 2.75) is 0 Å². The zero-order chi connectivity index (χ0) is 6.81. The van der Waals surface area contributed by atoms with Gasteiger partial charge in [-0.3, -0.25) is 0 Å². The molecule has 0 bridgehead atoms. The first kappa shape index (κ1) is 5.82. The third-order valence-electron chi connectivity index (χ3n) is 1.38. The van der Waals surface area contributed by atoms with Gasteiger partial charge in [0.05, 0.1) is 6.26 Å². The molecule has 0 aliphatic heterocycles. The summed E-state index contributed by atoms with van der Waals surface area (Å²) in [6.45, 7) is 0. The molecular formula is C8H7OP. The first-order valence-electron chi connectivity index (χ1n) is 3.14. The third-order valence-corrected chi connectivity index (χ3v) is 2.47. The Balaban J connectivity index is 2.48. The maximum Gasteiger partial charge on any atom is 0.137 e. The van der Waals surface area contributed by atoms with E-state index in [1.54, 1.807) is 6.26 Å². The summed E-state index contributed by atoms with van der Waals surface area (Å²) in [5.74, 6) is 3.15. The van der Waals surface area contributed by atoms with Crippen LogP contribution < -0.4 is 0 Å². The van der Waals surface area contributed by atoms with Gasteiger partial charge in [-0.25, -0.2) is 0 Å². The highest BCUT2D eigenvalue weighted by Crippen LogP contribution is 2.28. The lowest BCUT2D eigenvalue weighted by atomic mass is 10.4. The molecule has 0 amide bonds. The summed E-state index contributed by atoms with van der Waals surface area (Å²) in [6, 6.07) is 8.07. The molecule has 0 N–H and O–H groups in total. The standard InChI is InChI=1S/C8H7OP/c1-3-7(9-5-1)8-4-2-6-10-8/h1-6,10H. The van der Waals surface area contributed by atoms with E-state index in [0.29, 0.717) is 0 Å². The summed E-state index contributed by atoms with van der Waals surface area (Å²) < 4.78 is 5.22. The maximum atomic E-state index is 5.22. The quantitative estimate of drug-likeness (QED) is 0.609. The van der Waals surface area contributed by atoms with Crippen molar-refractivity contribution in [1.29, 1.82) is 0 Å². The Hall–Kier alpha value is -0.940. The fourth-order valence-corrected chi connectivity index (χ4v) is 1.76. The average Bonchev–Trinajstić information content (AvgIpc) is 2.59. The molecule has 0 fully saturated rings. The van der Waals surface area contributed by atoms with Gasteiger partial charge >= 0.3 is 0 Å².